The summed E-state index contributed by atoms with van der Waals surface area (Å²) in [5, 5.41) is 0. The minimum Gasteiger partial charge on any atom is -0.370 e. The van der Waals surface area contributed by atoms with Crippen LogP contribution in [-0.2, 0) is 16.6 Å². The third-order valence-corrected chi connectivity index (χ3v) is 5.38. The molecule has 0 bridgehead atoms. The second-order valence-corrected chi connectivity index (χ2v) is 7.96. The number of nitrogens with zero attached hydrogens (tertiary/aromatic N) is 2. The molecule has 6 nitrogen and oxygen atoms in total. The van der Waals surface area contributed by atoms with Crippen LogP contribution in [0.1, 0.15) is 25.3 Å². The van der Waals surface area contributed by atoms with Crippen molar-refractivity contribution in [1.82, 2.24) is 9.62 Å². The van der Waals surface area contributed by atoms with Gasteiger partial charge in [0.15, 0.2) is 5.96 Å². The molecule has 136 valence electrons. The number of rotatable bonds is 6. The van der Waals surface area contributed by atoms with Crippen LogP contribution in [0.25, 0.3) is 0 Å². The maximum atomic E-state index is 12.0. The van der Waals surface area contributed by atoms with Crippen molar-refractivity contribution in [3.63, 3.8) is 0 Å². The molecule has 1 fully saturated rings. The van der Waals surface area contributed by atoms with Gasteiger partial charge in [0.25, 0.3) is 0 Å². The molecule has 0 amide bonds. The number of nitrogens with one attached hydrogen (secondary N) is 1. The Morgan fingerprint density at radius 2 is 1.92 bits per heavy atom. The summed E-state index contributed by atoms with van der Waals surface area (Å²) in [4.78, 5) is 6.25. The van der Waals surface area contributed by atoms with E-state index < -0.39 is 10.0 Å². The molecular formula is C16H27IN4O2S. The average Bonchev–Trinajstić information content (AvgIpc) is 2.54. The summed E-state index contributed by atoms with van der Waals surface area (Å²) < 4.78 is 26.5. The highest BCUT2D eigenvalue weighted by Crippen LogP contribution is 2.15. The Morgan fingerprint density at radius 3 is 2.54 bits per heavy atom. The molecule has 8 heteroatoms. The van der Waals surface area contributed by atoms with Gasteiger partial charge in [0, 0.05) is 19.6 Å². The second kappa shape index (κ2) is 10.2. The van der Waals surface area contributed by atoms with Crippen LogP contribution in [0.5, 0.6) is 0 Å². The number of aliphatic imine (C=N–C) groups is 1. The van der Waals surface area contributed by atoms with Crippen LogP contribution in [0.15, 0.2) is 35.3 Å². The lowest BCUT2D eigenvalue weighted by molar-refractivity contribution is 0.278. The van der Waals surface area contributed by atoms with Gasteiger partial charge >= 0.3 is 0 Å². The molecule has 1 saturated heterocycles. The smallest absolute Gasteiger partial charge is 0.213 e. The molecule has 0 saturated carbocycles. The number of benzene rings is 1. The molecule has 1 aliphatic rings. The standard InChI is InChI=1S/C16H26N4O2S.HI/c1-14-7-10-20(11-8-14)16(17)18-9-12-23(21,22)19-13-15-5-3-2-4-6-15;/h2-6,14,19H,7-13H2,1H3,(H2,17,18);1H. The molecule has 1 aromatic rings. The molecule has 0 spiro atoms. The fraction of sp³-hybridized carbons (Fsp3) is 0.562. The largest absolute Gasteiger partial charge is 0.370 e. The molecule has 2 rings (SSSR count). The zero-order valence-electron chi connectivity index (χ0n) is 14.0. The Kier molecular flexibility index (Phi) is 8.99. The zero-order chi connectivity index (χ0) is 16.7. The monoisotopic (exact) mass is 466 g/mol. The van der Waals surface area contributed by atoms with Crippen molar-refractivity contribution in [3.8, 4) is 0 Å². The van der Waals surface area contributed by atoms with Gasteiger partial charge < -0.3 is 10.6 Å². The highest BCUT2D eigenvalue weighted by molar-refractivity contribution is 14.0. The van der Waals surface area contributed by atoms with Crippen LogP contribution >= 0.6 is 24.0 Å². The van der Waals surface area contributed by atoms with Crippen LogP contribution < -0.4 is 10.5 Å². The SMILES string of the molecule is CC1CCN(C(N)=NCCS(=O)(=O)NCc2ccccc2)CC1.I. The van der Waals surface area contributed by atoms with Gasteiger partial charge in [-0.15, -0.1) is 24.0 Å². The van der Waals surface area contributed by atoms with E-state index >= 15 is 0 Å². The summed E-state index contributed by atoms with van der Waals surface area (Å²) in [6.45, 7) is 4.51. The van der Waals surface area contributed by atoms with Crippen molar-refractivity contribution in [2.24, 2.45) is 16.6 Å². The molecule has 0 atom stereocenters. The molecular weight excluding hydrogens is 439 g/mol. The van der Waals surface area contributed by atoms with Crippen LogP contribution in [0.2, 0.25) is 0 Å². The van der Waals surface area contributed by atoms with Gasteiger partial charge in [-0.3, -0.25) is 4.99 Å². The number of sulfonamides is 1. The van der Waals surface area contributed by atoms with Crippen LogP contribution in [0.4, 0.5) is 0 Å². The summed E-state index contributed by atoms with van der Waals surface area (Å²) in [6.07, 6.45) is 2.21. The van der Waals surface area contributed by atoms with E-state index in [-0.39, 0.29) is 36.3 Å². The highest BCUT2D eigenvalue weighted by Gasteiger charge is 2.17. The Bertz CT molecular complexity index is 614. The molecule has 0 aliphatic carbocycles. The molecule has 1 aliphatic heterocycles. The van der Waals surface area contributed by atoms with Gasteiger partial charge in [0.1, 0.15) is 0 Å². The van der Waals surface area contributed by atoms with Crippen molar-refractivity contribution in [2.45, 2.75) is 26.3 Å². The molecule has 0 aromatic heterocycles. The highest BCUT2D eigenvalue weighted by atomic mass is 127. The first-order valence-electron chi connectivity index (χ1n) is 8.02. The topological polar surface area (TPSA) is 87.8 Å². The predicted octanol–water partition coefficient (Wildman–Crippen LogP) is 1.77. The van der Waals surface area contributed by atoms with Gasteiger partial charge in [-0.25, -0.2) is 13.1 Å². The summed E-state index contributed by atoms with van der Waals surface area (Å²) >= 11 is 0. The van der Waals surface area contributed by atoms with Gasteiger partial charge in [-0.1, -0.05) is 37.3 Å². The lowest BCUT2D eigenvalue weighted by Crippen LogP contribution is -2.42. The number of halogens is 1. The number of guanidine groups is 1. The predicted molar refractivity (Wildman–Crippen MR) is 109 cm³/mol. The van der Waals surface area contributed by atoms with E-state index in [1.165, 1.54) is 0 Å². The first-order valence-corrected chi connectivity index (χ1v) is 9.67. The Balaban J connectivity index is 0.00000288. The van der Waals surface area contributed by atoms with Crippen molar-refractivity contribution >= 4 is 40.0 Å². The summed E-state index contributed by atoms with van der Waals surface area (Å²) in [5.74, 6) is 1.13. The molecule has 1 heterocycles. The van der Waals surface area contributed by atoms with Crippen LogP contribution in [0, 0.1) is 5.92 Å². The summed E-state index contributed by atoms with van der Waals surface area (Å²) in [5.41, 5.74) is 6.88. The maximum absolute atomic E-state index is 12.0. The second-order valence-electron chi connectivity index (χ2n) is 6.04. The van der Waals surface area contributed by atoms with Crippen molar-refractivity contribution < 1.29 is 8.42 Å². The quantitative estimate of drug-likeness (QED) is 0.380. The van der Waals surface area contributed by atoms with E-state index in [1.807, 2.05) is 35.2 Å². The lowest BCUT2D eigenvalue weighted by Gasteiger charge is -2.31. The average molecular weight is 466 g/mol. The molecule has 3 N–H and O–H groups in total. The van der Waals surface area contributed by atoms with Gasteiger partial charge in [0.05, 0.1) is 12.3 Å². The van der Waals surface area contributed by atoms with E-state index in [1.54, 1.807) is 0 Å². The Morgan fingerprint density at radius 1 is 1.29 bits per heavy atom. The molecule has 24 heavy (non-hydrogen) atoms. The van der Waals surface area contributed by atoms with Crippen molar-refractivity contribution in [3.05, 3.63) is 35.9 Å². The van der Waals surface area contributed by atoms with Crippen molar-refractivity contribution in [2.75, 3.05) is 25.4 Å². The van der Waals surface area contributed by atoms with Crippen LogP contribution in [-0.4, -0.2) is 44.7 Å². The lowest BCUT2D eigenvalue weighted by atomic mass is 10.00. The number of hydrogen-bond acceptors (Lipinski definition) is 3. The first kappa shape index (κ1) is 21.2. The zero-order valence-corrected chi connectivity index (χ0v) is 17.2. The minimum absolute atomic E-state index is 0. The number of hydrogen-bond donors (Lipinski definition) is 2. The third kappa shape index (κ3) is 7.35. The van der Waals surface area contributed by atoms with E-state index in [9.17, 15) is 8.42 Å². The first-order chi connectivity index (χ1) is 11.0. The minimum atomic E-state index is -3.35. The van der Waals surface area contributed by atoms with Gasteiger partial charge in [-0.2, -0.15) is 0 Å². The maximum Gasteiger partial charge on any atom is 0.213 e. The molecule has 1 aromatic carbocycles. The Hall–Kier alpha value is -0.870. The number of likely N-dealkylation sites (tertiary alicyclic amines) is 1. The van der Waals surface area contributed by atoms with E-state index in [0.717, 1.165) is 37.4 Å². The fourth-order valence-electron chi connectivity index (χ4n) is 2.48. The van der Waals surface area contributed by atoms with E-state index in [4.69, 9.17) is 5.73 Å². The third-order valence-electron chi connectivity index (χ3n) is 4.08. The van der Waals surface area contributed by atoms with Gasteiger partial charge in [-0.05, 0) is 24.3 Å². The normalized spacial score (nSPS) is 16.7. The van der Waals surface area contributed by atoms with Gasteiger partial charge in [0.2, 0.25) is 10.0 Å². The van der Waals surface area contributed by atoms with Crippen LogP contribution in [0.3, 0.4) is 0 Å². The molecule has 0 unspecified atom stereocenters. The van der Waals surface area contributed by atoms with Crippen molar-refractivity contribution in [1.29, 1.82) is 0 Å². The van der Waals surface area contributed by atoms with E-state index in [0.29, 0.717) is 12.5 Å². The Labute approximate surface area is 162 Å². The summed E-state index contributed by atoms with van der Waals surface area (Å²) in [7, 11) is -3.35. The fourth-order valence-corrected chi connectivity index (χ4v) is 3.34. The van der Waals surface area contributed by atoms with E-state index in [2.05, 4.69) is 16.6 Å². The summed E-state index contributed by atoms with van der Waals surface area (Å²) in [6, 6.07) is 9.44. The number of piperidine rings is 1. The number of nitrogens with two attached hydrogens (primary N) is 1. The molecule has 0 radical (unpaired) electrons.